The van der Waals surface area contributed by atoms with Crippen molar-refractivity contribution in [2.75, 3.05) is 37.0 Å². The van der Waals surface area contributed by atoms with E-state index in [0.29, 0.717) is 0 Å². The summed E-state index contributed by atoms with van der Waals surface area (Å²) in [6.45, 7) is 7.15. The van der Waals surface area contributed by atoms with Crippen LogP contribution in [0.15, 0.2) is 24.3 Å². The SMILES string of the molecule is CCC1CCN(CCCN2Nc3ccccc3N2)CC1. The van der Waals surface area contributed by atoms with Crippen LogP contribution in [-0.4, -0.2) is 36.2 Å². The molecule has 20 heavy (non-hydrogen) atoms. The normalized spacial score (nSPS) is 20.4. The summed E-state index contributed by atoms with van der Waals surface area (Å²) >= 11 is 0. The van der Waals surface area contributed by atoms with Gasteiger partial charge in [0.1, 0.15) is 0 Å². The van der Waals surface area contributed by atoms with Crippen LogP contribution in [0.25, 0.3) is 0 Å². The standard InChI is InChI=1S/C16H26N4/c1-2-14-8-12-19(13-9-14)10-5-11-20-17-15-6-3-4-7-16(15)18-20/h3-4,6-7,14,17-18H,2,5,8-13H2,1H3. The Kier molecular flexibility index (Phi) is 4.43. The van der Waals surface area contributed by atoms with Crippen LogP contribution in [0.2, 0.25) is 0 Å². The van der Waals surface area contributed by atoms with E-state index < -0.39 is 0 Å². The van der Waals surface area contributed by atoms with E-state index in [0.717, 1.165) is 12.5 Å². The molecule has 0 spiro atoms. The van der Waals surface area contributed by atoms with E-state index in [1.165, 1.54) is 56.7 Å². The molecule has 0 aromatic heterocycles. The summed E-state index contributed by atoms with van der Waals surface area (Å²) in [5.74, 6) is 0.975. The Balaban J connectivity index is 1.36. The molecule has 2 aliphatic rings. The summed E-state index contributed by atoms with van der Waals surface area (Å²) in [6.07, 6.45) is 5.34. The number of likely N-dealkylation sites (tertiary alicyclic amines) is 1. The van der Waals surface area contributed by atoms with Gasteiger partial charge in [-0.2, -0.15) is 0 Å². The van der Waals surface area contributed by atoms with Crippen LogP contribution in [0.1, 0.15) is 32.6 Å². The Morgan fingerprint density at radius 2 is 1.70 bits per heavy atom. The van der Waals surface area contributed by atoms with Gasteiger partial charge in [0, 0.05) is 6.54 Å². The molecular formula is C16H26N4. The fourth-order valence-corrected chi connectivity index (χ4v) is 3.18. The number of benzene rings is 1. The number of hydrogen-bond donors (Lipinski definition) is 2. The minimum absolute atomic E-state index is 0.975. The molecule has 2 heterocycles. The summed E-state index contributed by atoms with van der Waals surface area (Å²) in [6, 6.07) is 8.35. The smallest absolute Gasteiger partial charge is 0.0753 e. The quantitative estimate of drug-likeness (QED) is 0.863. The van der Waals surface area contributed by atoms with Gasteiger partial charge in [0.05, 0.1) is 11.4 Å². The second kappa shape index (κ2) is 6.46. The molecule has 1 fully saturated rings. The molecule has 4 heteroatoms. The van der Waals surface area contributed by atoms with Crippen molar-refractivity contribution in [3.63, 3.8) is 0 Å². The van der Waals surface area contributed by atoms with E-state index in [1.54, 1.807) is 0 Å². The van der Waals surface area contributed by atoms with E-state index in [4.69, 9.17) is 0 Å². The number of nitrogens with zero attached hydrogens (tertiary/aromatic N) is 2. The molecule has 1 saturated heterocycles. The zero-order chi connectivity index (χ0) is 13.8. The third-order valence-electron chi connectivity index (χ3n) is 4.58. The third-order valence-corrected chi connectivity index (χ3v) is 4.58. The molecule has 3 rings (SSSR count). The number of nitrogens with one attached hydrogen (secondary N) is 2. The largest absolute Gasteiger partial charge is 0.303 e. The Hall–Kier alpha value is -1.26. The lowest BCUT2D eigenvalue weighted by atomic mass is 9.94. The Bertz CT molecular complexity index is 401. The Morgan fingerprint density at radius 3 is 2.30 bits per heavy atom. The Morgan fingerprint density at radius 1 is 1.05 bits per heavy atom. The Labute approximate surface area is 122 Å². The lowest BCUT2D eigenvalue weighted by Gasteiger charge is -2.31. The highest BCUT2D eigenvalue weighted by molar-refractivity contribution is 5.71. The van der Waals surface area contributed by atoms with Gasteiger partial charge in [0.2, 0.25) is 0 Å². The van der Waals surface area contributed by atoms with Gasteiger partial charge in [-0.1, -0.05) is 25.5 Å². The van der Waals surface area contributed by atoms with Gasteiger partial charge in [-0.05, 0) is 56.9 Å². The van der Waals surface area contributed by atoms with Crippen molar-refractivity contribution >= 4 is 11.4 Å². The fraction of sp³-hybridized carbons (Fsp3) is 0.625. The van der Waals surface area contributed by atoms with Crippen molar-refractivity contribution < 1.29 is 0 Å². The van der Waals surface area contributed by atoms with Gasteiger partial charge in [-0.15, -0.1) is 5.12 Å². The molecule has 1 aromatic rings. The minimum atomic E-state index is 0.975. The highest BCUT2D eigenvalue weighted by Crippen LogP contribution is 2.27. The van der Waals surface area contributed by atoms with Crippen LogP contribution in [0, 0.1) is 5.92 Å². The predicted octanol–water partition coefficient (Wildman–Crippen LogP) is 3.17. The first-order chi connectivity index (χ1) is 9.85. The molecule has 2 N–H and O–H groups in total. The van der Waals surface area contributed by atoms with E-state index in [9.17, 15) is 0 Å². The zero-order valence-electron chi connectivity index (χ0n) is 12.4. The maximum Gasteiger partial charge on any atom is 0.0753 e. The highest BCUT2D eigenvalue weighted by atomic mass is 15.8. The van der Waals surface area contributed by atoms with Gasteiger partial charge in [-0.25, -0.2) is 0 Å². The average molecular weight is 274 g/mol. The number of anilines is 2. The molecule has 4 nitrogen and oxygen atoms in total. The molecule has 0 radical (unpaired) electrons. The number of hydrogen-bond acceptors (Lipinski definition) is 4. The van der Waals surface area contributed by atoms with Crippen LogP contribution >= 0.6 is 0 Å². The number of piperidine rings is 1. The summed E-state index contributed by atoms with van der Waals surface area (Å²) in [5, 5.41) is 2.10. The molecule has 0 saturated carbocycles. The summed E-state index contributed by atoms with van der Waals surface area (Å²) in [7, 11) is 0. The molecule has 2 aliphatic heterocycles. The molecule has 0 unspecified atom stereocenters. The fourth-order valence-electron chi connectivity index (χ4n) is 3.18. The maximum atomic E-state index is 3.39. The lowest BCUT2D eigenvalue weighted by molar-refractivity contribution is 0.175. The zero-order valence-corrected chi connectivity index (χ0v) is 12.4. The van der Waals surface area contributed by atoms with Crippen molar-refractivity contribution in [2.24, 2.45) is 5.92 Å². The van der Waals surface area contributed by atoms with Crippen LogP contribution in [0.4, 0.5) is 11.4 Å². The van der Waals surface area contributed by atoms with Crippen LogP contribution in [-0.2, 0) is 0 Å². The number of hydrazine groups is 2. The van der Waals surface area contributed by atoms with Crippen LogP contribution < -0.4 is 10.9 Å². The maximum absolute atomic E-state index is 3.39. The molecular weight excluding hydrogens is 248 g/mol. The van der Waals surface area contributed by atoms with Crippen LogP contribution in [0.3, 0.4) is 0 Å². The second-order valence-corrected chi connectivity index (χ2v) is 5.97. The average Bonchev–Trinajstić information content (AvgIpc) is 2.90. The first-order valence-electron chi connectivity index (χ1n) is 7.97. The third kappa shape index (κ3) is 3.25. The molecule has 0 bridgehead atoms. The summed E-state index contributed by atoms with van der Waals surface area (Å²) in [5.41, 5.74) is 9.14. The monoisotopic (exact) mass is 274 g/mol. The van der Waals surface area contributed by atoms with Crippen molar-refractivity contribution in [3.05, 3.63) is 24.3 Å². The van der Waals surface area contributed by atoms with Gasteiger partial charge in [-0.3, -0.25) is 10.9 Å². The lowest BCUT2D eigenvalue weighted by Crippen LogP contribution is -2.37. The van der Waals surface area contributed by atoms with E-state index >= 15 is 0 Å². The summed E-state index contributed by atoms with van der Waals surface area (Å²) < 4.78 is 0. The van der Waals surface area contributed by atoms with Crippen LogP contribution in [0.5, 0.6) is 0 Å². The molecule has 0 amide bonds. The highest BCUT2D eigenvalue weighted by Gasteiger charge is 2.19. The van der Waals surface area contributed by atoms with E-state index in [1.807, 2.05) is 0 Å². The molecule has 110 valence electrons. The summed E-state index contributed by atoms with van der Waals surface area (Å²) in [4.78, 5) is 2.62. The number of fused-ring (bicyclic) bond motifs is 1. The first-order valence-corrected chi connectivity index (χ1v) is 7.97. The molecule has 0 atom stereocenters. The van der Waals surface area contributed by atoms with E-state index in [2.05, 4.69) is 52.1 Å². The minimum Gasteiger partial charge on any atom is -0.303 e. The first kappa shape index (κ1) is 13.7. The van der Waals surface area contributed by atoms with Crippen molar-refractivity contribution in [1.29, 1.82) is 0 Å². The van der Waals surface area contributed by atoms with Gasteiger partial charge in [0.25, 0.3) is 0 Å². The molecule has 0 aliphatic carbocycles. The van der Waals surface area contributed by atoms with Gasteiger partial charge in [0.15, 0.2) is 0 Å². The van der Waals surface area contributed by atoms with Crippen molar-refractivity contribution in [1.82, 2.24) is 10.0 Å². The number of rotatable bonds is 5. The number of para-hydroxylation sites is 2. The van der Waals surface area contributed by atoms with Crippen molar-refractivity contribution in [3.8, 4) is 0 Å². The van der Waals surface area contributed by atoms with Crippen molar-refractivity contribution in [2.45, 2.75) is 32.6 Å². The molecule has 1 aromatic carbocycles. The van der Waals surface area contributed by atoms with Gasteiger partial charge < -0.3 is 4.90 Å². The van der Waals surface area contributed by atoms with Gasteiger partial charge >= 0.3 is 0 Å². The topological polar surface area (TPSA) is 30.5 Å². The predicted molar refractivity (Wildman–Crippen MR) is 84.5 cm³/mol. The second-order valence-electron chi connectivity index (χ2n) is 5.97. The van der Waals surface area contributed by atoms with E-state index in [-0.39, 0.29) is 0 Å².